The second-order valence-corrected chi connectivity index (χ2v) is 8.50. The zero-order chi connectivity index (χ0) is 17.5. The third-order valence-electron chi connectivity index (χ3n) is 4.41. The van der Waals surface area contributed by atoms with E-state index in [0.717, 1.165) is 16.9 Å². The third kappa shape index (κ3) is 3.19. The Labute approximate surface area is 145 Å². The maximum Gasteiger partial charge on any atom is 0.0896 e. The molecule has 0 unspecified atom stereocenters. The second-order valence-electron chi connectivity index (χ2n) is 8.50. The highest BCUT2D eigenvalue weighted by Gasteiger charge is 2.20. The minimum absolute atomic E-state index is 0.0545. The van der Waals surface area contributed by atoms with Gasteiger partial charge < -0.3 is 0 Å². The van der Waals surface area contributed by atoms with Gasteiger partial charge in [-0.2, -0.15) is 0 Å². The lowest BCUT2D eigenvalue weighted by Gasteiger charge is -2.23. The van der Waals surface area contributed by atoms with Crippen LogP contribution in [0.3, 0.4) is 0 Å². The average molecular weight is 318 g/mol. The molecule has 0 saturated heterocycles. The summed E-state index contributed by atoms with van der Waals surface area (Å²) < 4.78 is 0. The molecule has 2 heteroatoms. The Morgan fingerprint density at radius 2 is 1.46 bits per heavy atom. The van der Waals surface area contributed by atoms with Crippen LogP contribution in [0.5, 0.6) is 0 Å². The zero-order valence-corrected chi connectivity index (χ0v) is 15.5. The lowest BCUT2D eigenvalue weighted by molar-refractivity contribution is 0.589. The van der Waals surface area contributed by atoms with Crippen LogP contribution in [0.4, 0.5) is 0 Å². The Bertz CT molecular complexity index is 880. The number of aromatic nitrogens is 2. The lowest BCUT2D eigenvalue weighted by Crippen LogP contribution is -2.13. The van der Waals surface area contributed by atoms with Crippen molar-refractivity contribution in [3.05, 3.63) is 59.8 Å². The standard InChI is InChI=1S/C22H26N2/c1-21(2,3)15-11-12-23-19(13-15)20-14-17(22(4,5)6)16-9-7-8-10-18(16)24-20/h7-14H,1-6H3. The number of para-hydroxylation sites is 1. The molecule has 0 aliphatic carbocycles. The quantitative estimate of drug-likeness (QED) is 0.559. The van der Waals surface area contributed by atoms with Gasteiger partial charge in [-0.1, -0.05) is 59.7 Å². The van der Waals surface area contributed by atoms with Gasteiger partial charge in [-0.3, -0.25) is 4.98 Å². The van der Waals surface area contributed by atoms with E-state index in [-0.39, 0.29) is 10.8 Å². The van der Waals surface area contributed by atoms with Crippen LogP contribution in [0.2, 0.25) is 0 Å². The topological polar surface area (TPSA) is 25.8 Å². The van der Waals surface area contributed by atoms with Gasteiger partial charge in [0.25, 0.3) is 0 Å². The van der Waals surface area contributed by atoms with Crippen LogP contribution in [-0.2, 0) is 10.8 Å². The fourth-order valence-electron chi connectivity index (χ4n) is 2.96. The summed E-state index contributed by atoms with van der Waals surface area (Å²) in [6.07, 6.45) is 1.89. The molecule has 3 aromatic rings. The molecule has 0 spiro atoms. The molecule has 0 radical (unpaired) electrons. The Hall–Kier alpha value is -2.22. The van der Waals surface area contributed by atoms with E-state index in [1.54, 1.807) is 0 Å². The van der Waals surface area contributed by atoms with Crippen molar-refractivity contribution >= 4 is 10.9 Å². The van der Waals surface area contributed by atoms with Gasteiger partial charge in [-0.25, -0.2) is 4.98 Å². The van der Waals surface area contributed by atoms with Crippen molar-refractivity contribution in [3.63, 3.8) is 0 Å². The Morgan fingerprint density at radius 1 is 0.750 bits per heavy atom. The van der Waals surface area contributed by atoms with Crippen molar-refractivity contribution in [2.24, 2.45) is 0 Å². The van der Waals surface area contributed by atoms with Crippen molar-refractivity contribution in [1.82, 2.24) is 9.97 Å². The number of hydrogen-bond acceptors (Lipinski definition) is 2. The summed E-state index contributed by atoms with van der Waals surface area (Å²) in [5.41, 5.74) is 5.66. The highest BCUT2D eigenvalue weighted by atomic mass is 14.8. The predicted octanol–water partition coefficient (Wildman–Crippen LogP) is 5.89. The third-order valence-corrected chi connectivity index (χ3v) is 4.41. The van der Waals surface area contributed by atoms with Gasteiger partial charge in [0, 0.05) is 11.6 Å². The van der Waals surface area contributed by atoms with Crippen LogP contribution >= 0.6 is 0 Å². The van der Waals surface area contributed by atoms with E-state index in [1.807, 2.05) is 12.3 Å². The minimum Gasteiger partial charge on any atom is -0.255 e. The van der Waals surface area contributed by atoms with Crippen LogP contribution in [-0.4, -0.2) is 9.97 Å². The molecule has 0 saturated carbocycles. The molecule has 0 bridgehead atoms. The van der Waals surface area contributed by atoms with Gasteiger partial charge in [-0.05, 0) is 46.2 Å². The van der Waals surface area contributed by atoms with Crippen molar-refractivity contribution in [3.8, 4) is 11.4 Å². The van der Waals surface area contributed by atoms with Crippen LogP contribution < -0.4 is 0 Å². The molecule has 24 heavy (non-hydrogen) atoms. The molecule has 0 aliphatic heterocycles. The summed E-state index contributed by atoms with van der Waals surface area (Å²) in [5.74, 6) is 0. The molecule has 2 aromatic heterocycles. The Morgan fingerprint density at radius 3 is 2.12 bits per heavy atom. The number of hydrogen-bond donors (Lipinski definition) is 0. The summed E-state index contributed by atoms with van der Waals surface area (Å²) in [5, 5.41) is 1.22. The molecule has 1 aromatic carbocycles. The van der Waals surface area contributed by atoms with Crippen LogP contribution in [0.15, 0.2) is 48.7 Å². The van der Waals surface area contributed by atoms with E-state index in [1.165, 1.54) is 16.5 Å². The maximum absolute atomic E-state index is 4.88. The minimum atomic E-state index is 0.0545. The van der Waals surface area contributed by atoms with Crippen LogP contribution in [0.25, 0.3) is 22.3 Å². The summed E-state index contributed by atoms with van der Waals surface area (Å²) in [6, 6.07) is 14.8. The number of benzene rings is 1. The number of nitrogens with zero attached hydrogens (tertiary/aromatic N) is 2. The number of fused-ring (bicyclic) bond motifs is 1. The molecule has 2 nitrogen and oxygen atoms in total. The van der Waals surface area contributed by atoms with Crippen molar-refractivity contribution in [1.29, 1.82) is 0 Å². The zero-order valence-electron chi connectivity index (χ0n) is 15.5. The molecule has 2 heterocycles. The predicted molar refractivity (Wildman–Crippen MR) is 102 cm³/mol. The molecule has 0 fully saturated rings. The molecule has 0 amide bonds. The van der Waals surface area contributed by atoms with E-state index in [9.17, 15) is 0 Å². The first kappa shape index (κ1) is 16.6. The van der Waals surface area contributed by atoms with E-state index >= 15 is 0 Å². The molecule has 124 valence electrons. The molecule has 0 N–H and O–H groups in total. The van der Waals surface area contributed by atoms with Gasteiger partial charge in [0.2, 0.25) is 0 Å². The van der Waals surface area contributed by atoms with Crippen molar-refractivity contribution in [2.45, 2.75) is 52.4 Å². The first-order valence-corrected chi connectivity index (χ1v) is 8.53. The summed E-state index contributed by atoms with van der Waals surface area (Å²) >= 11 is 0. The largest absolute Gasteiger partial charge is 0.255 e. The van der Waals surface area contributed by atoms with Gasteiger partial charge in [0.15, 0.2) is 0 Å². The molecule has 0 aliphatic rings. The number of rotatable bonds is 1. The summed E-state index contributed by atoms with van der Waals surface area (Å²) in [4.78, 5) is 9.47. The van der Waals surface area contributed by atoms with E-state index < -0.39 is 0 Å². The summed E-state index contributed by atoms with van der Waals surface area (Å²) in [7, 11) is 0. The van der Waals surface area contributed by atoms with E-state index in [2.05, 4.69) is 82.9 Å². The summed E-state index contributed by atoms with van der Waals surface area (Å²) in [6.45, 7) is 13.4. The monoisotopic (exact) mass is 318 g/mol. The smallest absolute Gasteiger partial charge is 0.0896 e. The molecule has 3 rings (SSSR count). The fourth-order valence-corrected chi connectivity index (χ4v) is 2.96. The van der Waals surface area contributed by atoms with Gasteiger partial charge in [0.1, 0.15) is 0 Å². The Balaban J connectivity index is 2.25. The Kier molecular flexibility index (Phi) is 3.95. The van der Waals surface area contributed by atoms with Crippen LogP contribution in [0, 0.1) is 0 Å². The molecular weight excluding hydrogens is 292 g/mol. The van der Waals surface area contributed by atoms with Gasteiger partial charge in [0.05, 0.1) is 16.9 Å². The highest BCUT2D eigenvalue weighted by molar-refractivity contribution is 5.85. The van der Waals surface area contributed by atoms with E-state index in [4.69, 9.17) is 4.98 Å². The normalized spacial score (nSPS) is 12.6. The van der Waals surface area contributed by atoms with Crippen LogP contribution in [0.1, 0.15) is 52.7 Å². The van der Waals surface area contributed by atoms with Gasteiger partial charge in [-0.15, -0.1) is 0 Å². The molecular formula is C22H26N2. The first-order chi connectivity index (χ1) is 11.2. The second kappa shape index (κ2) is 5.70. The van der Waals surface area contributed by atoms with Crippen molar-refractivity contribution < 1.29 is 0 Å². The lowest BCUT2D eigenvalue weighted by atomic mass is 9.83. The fraction of sp³-hybridized carbons (Fsp3) is 0.364. The first-order valence-electron chi connectivity index (χ1n) is 8.53. The highest BCUT2D eigenvalue weighted by Crippen LogP contribution is 2.33. The number of pyridine rings is 2. The SMILES string of the molecule is CC(C)(C)c1ccnc(-c2cc(C(C)(C)C)c3ccccc3n2)c1. The van der Waals surface area contributed by atoms with Gasteiger partial charge >= 0.3 is 0 Å². The molecule has 0 atom stereocenters. The average Bonchev–Trinajstić information content (AvgIpc) is 2.52. The van der Waals surface area contributed by atoms with Crippen molar-refractivity contribution in [2.75, 3.05) is 0 Å². The van der Waals surface area contributed by atoms with E-state index in [0.29, 0.717) is 0 Å². The maximum atomic E-state index is 4.88.